The Bertz CT molecular complexity index is 427. The molecule has 3 rings (SSSR count). The molecule has 0 bridgehead atoms. The highest BCUT2D eigenvalue weighted by Crippen LogP contribution is 2.41. The van der Waals surface area contributed by atoms with Crippen molar-refractivity contribution in [2.24, 2.45) is 5.41 Å². The molecule has 1 aromatic carbocycles. The molecule has 0 radical (unpaired) electrons. The number of hydrogen-bond donors (Lipinski definition) is 2. The summed E-state index contributed by atoms with van der Waals surface area (Å²) in [5.74, 6) is 0.680. The molecule has 1 saturated carbocycles. The van der Waals surface area contributed by atoms with E-state index in [-0.39, 0.29) is 11.5 Å². The van der Waals surface area contributed by atoms with Gasteiger partial charge in [0.2, 0.25) is 0 Å². The number of hydrogen-bond acceptors (Lipinski definition) is 2. The van der Waals surface area contributed by atoms with Gasteiger partial charge in [-0.15, -0.1) is 0 Å². The van der Waals surface area contributed by atoms with E-state index in [1.165, 1.54) is 17.5 Å². The van der Waals surface area contributed by atoms with E-state index >= 15 is 0 Å². The first-order valence-corrected chi connectivity index (χ1v) is 6.58. The lowest BCUT2D eigenvalue weighted by molar-refractivity contribution is -0.0727. The van der Waals surface area contributed by atoms with Crippen LogP contribution < -0.4 is 5.32 Å². The van der Waals surface area contributed by atoms with Gasteiger partial charge in [-0.1, -0.05) is 38.1 Å². The molecule has 0 heterocycles. The van der Waals surface area contributed by atoms with Gasteiger partial charge in [0.1, 0.15) is 0 Å². The first-order valence-electron chi connectivity index (χ1n) is 6.58. The van der Waals surface area contributed by atoms with Crippen molar-refractivity contribution in [3.05, 3.63) is 35.4 Å². The summed E-state index contributed by atoms with van der Waals surface area (Å²) in [6, 6.07) is 9.19. The number of aliphatic hydroxyl groups is 1. The predicted octanol–water partition coefficient (Wildman–Crippen LogP) is 2.08. The highest BCUT2D eigenvalue weighted by molar-refractivity contribution is 5.40. The number of fused-ring (bicyclic) bond motifs is 1. The number of benzene rings is 1. The van der Waals surface area contributed by atoms with E-state index in [1.807, 2.05) is 0 Å². The van der Waals surface area contributed by atoms with Gasteiger partial charge in [-0.2, -0.15) is 0 Å². The van der Waals surface area contributed by atoms with E-state index in [0.717, 1.165) is 13.0 Å². The molecule has 17 heavy (non-hydrogen) atoms. The molecule has 0 spiro atoms. The number of rotatable bonds is 3. The van der Waals surface area contributed by atoms with E-state index in [0.29, 0.717) is 12.0 Å². The van der Waals surface area contributed by atoms with Gasteiger partial charge in [0.25, 0.3) is 0 Å². The van der Waals surface area contributed by atoms with Gasteiger partial charge in [0, 0.05) is 23.9 Å². The SMILES string of the molecule is CC1(C)C(O)CC1NCC1Cc2ccccc21. The topological polar surface area (TPSA) is 32.3 Å². The lowest BCUT2D eigenvalue weighted by Crippen LogP contribution is -2.60. The molecule has 1 fully saturated rings. The van der Waals surface area contributed by atoms with Crippen LogP contribution in [-0.2, 0) is 6.42 Å². The zero-order chi connectivity index (χ0) is 12.0. The lowest BCUT2D eigenvalue weighted by atomic mass is 9.64. The van der Waals surface area contributed by atoms with Crippen molar-refractivity contribution < 1.29 is 5.11 Å². The molecule has 0 amide bonds. The van der Waals surface area contributed by atoms with E-state index in [9.17, 15) is 5.11 Å². The van der Waals surface area contributed by atoms with Crippen LogP contribution in [0, 0.1) is 5.41 Å². The molecule has 2 heteroatoms. The third-order valence-corrected chi connectivity index (χ3v) is 4.79. The van der Waals surface area contributed by atoms with Crippen LogP contribution in [0.3, 0.4) is 0 Å². The van der Waals surface area contributed by atoms with Crippen molar-refractivity contribution >= 4 is 0 Å². The zero-order valence-electron chi connectivity index (χ0n) is 10.6. The van der Waals surface area contributed by atoms with Crippen molar-refractivity contribution in [2.75, 3.05) is 6.54 Å². The summed E-state index contributed by atoms with van der Waals surface area (Å²) in [7, 11) is 0. The molecule has 2 nitrogen and oxygen atoms in total. The Kier molecular flexibility index (Phi) is 2.53. The van der Waals surface area contributed by atoms with Crippen LogP contribution in [0.25, 0.3) is 0 Å². The van der Waals surface area contributed by atoms with E-state index < -0.39 is 0 Å². The van der Waals surface area contributed by atoms with E-state index in [4.69, 9.17) is 0 Å². The third kappa shape index (κ3) is 1.71. The fourth-order valence-electron chi connectivity index (χ4n) is 3.08. The van der Waals surface area contributed by atoms with E-state index in [1.54, 1.807) is 0 Å². The fourth-order valence-corrected chi connectivity index (χ4v) is 3.08. The van der Waals surface area contributed by atoms with Crippen LogP contribution in [0.5, 0.6) is 0 Å². The maximum absolute atomic E-state index is 9.70. The standard InChI is InChI=1S/C15H21NO/c1-15(2)13(8-14(15)17)16-9-11-7-10-5-3-4-6-12(10)11/h3-6,11,13-14,16-17H,7-9H2,1-2H3. The van der Waals surface area contributed by atoms with Gasteiger partial charge in [0.15, 0.2) is 0 Å². The molecular formula is C15H21NO. The molecular weight excluding hydrogens is 210 g/mol. The largest absolute Gasteiger partial charge is 0.392 e. The van der Waals surface area contributed by atoms with Gasteiger partial charge in [-0.05, 0) is 24.0 Å². The Morgan fingerprint density at radius 3 is 2.76 bits per heavy atom. The first-order chi connectivity index (χ1) is 8.09. The smallest absolute Gasteiger partial charge is 0.0621 e. The first kappa shape index (κ1) is 11.2. The summed E-state index contributed by atoms with van der Waals surface area (Å²) < 4.78 is 0. The monoisotopic (exact) mass is 231 g/mol. The molecule has 2 aliphatic rings. The summed E-state index contributed by atoms with van der Waals surface area (Å²) in [6.07, 6.45) is 1.98. The molecule has 1 aromatic rings. The van der Waals surface area contributed by atoms with Crippen LogP contribution in [0.1, 0.15) is 37.3 Å². The van der Waals surface area contributed by atoms with Gasteiger partial charge < -0.3 is 10.4 Å². The highest BCUT2D eigenvalue weighted by atomic mass is 16.3. The number of aliphatic hydroxyl groups excluding tert-OH is 1. The normalized spacial score (nSPS) is 33.5. The lowest BCUT2D eigenvalue weighted by Gasteiger charge is -2.50. The van der Waals surface area contributed by atoms with Crippen molar-refractivity contribution in [3.8, 4) is 0 Å². The summed E-state index contributed by atoms with van der Waals surface area (Å²) in [5, 5.41) is 13.3. The maximum atomic E-state index is 9.70. The van der Waals surface area contributed by atoms with Crippen LogP contribution >= 0.6 is 0 Å². The molecule has 0 saturated heterocycles. The van der Waals surface area contributed by atoms with Crippen LogP contribution in [-0.4, -0.2) is 23.8 Å². The summed E-state index contributed by atoms with van der Waals surface area (Å²) in [6.45, 7) is 5.35. The minimum atomic E-state index is -0.131. The second-order valence-corrected chi connectivity index (χ2v) is 6.13. The molecule has 2 N–H and O–H groups in total. The maximum Gasteiger partial charge on any atom is 0.0621 e. The Hall–Kier alpha value is -0.860. The van der Waals surface area contributed by atoms with Crippen molar-refractivity contribution in [3.63, 3.8) is 0 Å². The average molecular weight is 231 g/mol. The molecule has 3 unspecified atom stereocenters. The quantitative estimate of drug-likeness (QED) is 0.834. The fraction of sp³-hybridized carbons (Fsp3) is 0.600. The predicted molar refractivity (Wildman–Crippen MR) is 69.1 cm³/mol. The molecule has 92 valence electrons. The highest BCUT2D eigenvalue weighted by Gasteiger charge is 2.47. The second kappa shape index (κ2) is 3.82. The minimum absolute atomic E-state index is 0.0449. The van der Waals surface area contributed by atoms with Crippen molar-refractivity contribution in [2.45, 2.75) is 44.8 Å². The summed E-state index contributed by atoms with van der Waals surface area (Å²) in [4.78, 5) is 0. The van der Waals surface area contributed by atoms with E-state index in [2.05, 4.69) is 43.4 Å². The molecule has 0 aliphatic heterocycles. The van der Waals surface area contributed by atoms with Gasteiger partial charge in [-0.3, -0.25) is 0 Å². The molecule has 0 aromatic heterocycles. The summed E-state index contributed by atoms with van der Waals surface area (Å²) in [5.41, 5.74) is 3.06. The zero-order valence-corrected chi connectivity index (χ0v) is 10.6. The van der Waals surface area contributed by atoms with Crippen LogP contribution in [0.4, 0.5) is 0 Å². The van der Waals surface area contributed by atoms with Gasteiger partial charge in [0.05, 0.1) is 6.10 Å². The Morgan fingerprint density at radius 1 is 1.35 bits per heavy atom. The Labute approximate surface area is 103 Å². The van der Waals surface area contributed by atoms with Crippen LogP contribution in [0.15, 0.2) is 24.3 Å². The molecule has 2 aliphatic carbocycles. The minimum Gasteiger partial charge on any atom is -0.392 e. The number of nitrogens with one attached hydrogen (secondary N) is 1. The summed E-state index contributed by atoms with van der Waals surface area (Å²) >= 11 is 0. The van der Waals surface area contributed by atoms with Crippen molar-refractivity contribution in [1.29, 1.82) is 0 Å². The Morgan fingerprint density at radius 2 is 2.12 bits per heavy atom. The van der Waals surface area contributed by atoms with Crippen molar-refractivity contribution in [1.82, 2.24) is 5.32 Å². The van der Waals surface area contributed by atoms with Gasteiger partial charge in [-0.25, -0.2) is 0 Å². The second-order valence-electron chi connectivity index (χ2n) is 6.13. The van der Waals surface area contributed by atoms with Crippen LogP contribution in [0.2, 0.25) is 0 Å². The third-order valence-electron chi connectivity index (χ3n) is 4.79. The molecule has 3 atom stereocenters. The Balaban J connectivity index is 1.55. The van der Waals surface area contributed by atoms with Gasteiger partial charge >= 0.3 is 0 Å². The average Bonchev–Trinajstić information content (AvgIpc) is 2.29.